The number of halogens is 3. The summed E-state index contributed by atoms with van der Waals surface area (Å²) in [4.78, 5) is 0. The minimum atomic E-state index is -0.745. The molecule has 3 aromatic rings. The molecule has 0 radical (unpaired) electrons. The van der Waals surface area contributed by atoms with Gasteiger partial charge in [0, 0.05) is 13.0 Å². The number of hydrogen-bond acceptors (Lipinski definition) is 4. The lowest BCUT2D eigenvalue weighted by molar-refractivity contribution is 0.466. The van der Waals surface area contributed by atoms with Gasteiger partial charge in [0.05, 0.1) is 16.4 Å². The Kier molecular flexibility index (Phi) is 4.12. The van der Waals surface area contributed by atoms with Gasteiger partial charge in [-0.1, -0.05) is 17.7 Å². The van der Waals surface area contributed by atoms with Crippen molar-refractivity contribution in [3.05, 3.63) is 52.1 Å². The molecule has 2 aromatic heterocycles. The van der Waals surface area contributed by atoms with Gasteiger partial charge in [-0.3, -0.25) is 4.68 Å². The zero-order chi connectivity index (χ0) is 16.6. The van der Waals surface area contributed by atoms with Crippen LogP contribution < -0.4 is 0 Å². The SMILES string of the molecule is Cc1nn(CCc2nnc(-c3c(F)cccc3F)o2)c(C)c1Cl. The minimum absolute atomic E-state index is 0.179. The van der Waals surface area contributed by atoms with Gasteiger partial charge in [-0.25, -0.2) is 8.78 Å². The first kappa shape index (κ1) is 15.6. The molecule has 0 amide bonds. The van der Waals surface area contributed by atoms with Crippen molar-refractivity contribution in [3.63, 3.8) is 0 Å². The molecule has 0 aliphatic heterocycles. The van der Waals surface area contributed by atoms with Gasteiger partial charge in [0.15, 0.2) is 0 Å². The number of aryl methyl sites for hydroxylation is 3. The number of hydrogen-bond donors (Lipinski definition) is 0. The van der Waals surface area contributed by atoms with Crippen molar-refractivity contribution in [1.82, 2.24) is 20.0 Å². The maximum Gasteiger partial charge on any atom is 0.253 e. The van der Waals surface area contributed by atoms with Crippen LogP contribution in [-0.2, 0) is 13.0 Å². The number of nitrogens with zero attached hydrogens (tertiary/aromatic N) is 4. The molecule has 0 aliphatic carbocycles. The summed E-state index contributed by atoms with van der Waals surface area (Å²) in [5, 5.41) is 12.4. The van der Waals surface area contributed by atoms with E-state index in [-0.39, 0.29) is 17.3 Å². The molecule has 0 bridgehead atoms. The zero-order valence-corrected chi connectivity index (χ0v) is 13.2. The summed E-state index contributed by atoms with van der Waals surface area (Å²) < 4.78 is 34.5. The molecule has 0 spiro atoms. The Balaban J connectivity index is 1.79. The normalized spacial score (nSPS) is 11.2. The van der Waals surface area contributed by atoms with E-state index in [1.54, 1.807) is 4.68 Å². The second kappa shape index (κ2) is 6.08. The average molecular weight is 339 g/mol. The summed E-state index contributed by atoms with van der Waals surface area (Å²) in [6, 6.07) is 3.55. The summed E-state index contributed by atoms with van der Waals surface area (Å²) in [6.07, 6.45) is 0.376. The zero-order valence-electron chi connectivity index (χ0n) is 12.5. The Bertz CT molecular complexity index is 839. The third-order valence-corrected chi connectivity index (χ3v) is 4.02. The van der Waals surface area contributed by atoms with Crippen LogP contribution >= 0.6 is 11.6 Å². The predicted molar refractivity (Wildman–Crippen MR) is 80.1 cm³/mol. The fourth-order valence-electron chi connectivity index (χ4n) is 2.25. The lowest BCUT2D eigenvalue weighted by Crippen LogP contribution is -2.05. The van der Waals surface area contributed by atoms with Gasteiger partial charge < -0.3 is 4.42 Å². The standard InChI is InChI=1S/C15H13ClF2N4O/c1-8-14(16)9(2)22(21-8)7-6-12-19-20-15(23-12)13-10(17)4-3-5-11(13)18/h3-5H,6-7H2,1-2H3. The summed E-state index contributed by atoms with van der Waals surface area (Å²) in [5.41, 5.74) is 1.26. The Morgan fingerprint density at radius 1 is 1.17 bits per heavy atom. The van der Waals surface area contributed by atoms with Gasteiger partial charge in [0.1, 0.15) is 17.2 Å². The molecule has 0 saturated heterocycles. The molecule has 0 atom stereocenters. The molecule has 0 fully saturated rings. The Hall–Kier alpha value is -2.28. The van der Waals surface area contributed by atoms with Gasteiger partial charge in [0.25, 0.3) is 5.89 Å². The molecule has 0 saturated carbocycles. The van der Waals surface area contributed by atoms with Gasteiger partial charge in [-0.2, -0.15) is 5.10 Å². The average Bonchev–Trinajstić information content (AvgIpc) is 3.06. The highest BCUT2D eigenvalue weighted by Gasteiger charge is 2.18. The Labute approximate surface area is 135 Å². The van der Waals surface area contributed by atoms with Crippen molar-refractivity contribution in [3.8, 4) is 11.5 Å². The smallest absolute Gasteiger partial charge is 0.253 e. The molecule has 0 aliphatic rings. The van der Waals surface area contributed by atoms with Gasteiger partial charge in [-0.05, 0) is 26.0 Å². The van der Waals surface area contributed by atoms with E-state index in [0.29, 0.717) is 18.0 Å². The highest BCUT2D eigenvalue weighted by molar-refractivity contribution is 6.31. The summed E-state index contributed by atoms with van der Waals surface area (Å²) in [7, 11) is 0. The summed E-state index contributed by atoms with van der Waals surface area (Å²) in [5.74, 6) is -1.40. The largest absolute Gasteiger partial charge is 0.420 e. The van der Waals surface area contributed by atoms with Gasteiger partial charge in [0.2, 0.25) is 5.89 Å². The van der Waals surface area contributed by atoms with Gasteiger partial charge >= 0.3 is 0 Å². The second-order valence-corrected chi connectivity index (χ2v) is 5.43. The molecule has 23 heavy (non-hydrogen) atoms. The minimum Gasteiger partial charge on any atom is -0.420 e. The highest BCUT2D eigenvalue weighted by Crippen LogP contribution is 2.25. The maximum absolute atomic E-state index is 13.7. The van der Waals surface area contributed by atoms with Crippen LogP contribution in [0.2, 0.25) is 5.02 Å². The van der Waals surface area contributed by atoms with E-state index in [1.807, 2.05) is 13.8 Å². The van der Waals surface area contributed by atoms with E-state index in [2.05, 4.69) is 15.3 Å². The molecule has 8 heteroatoms. The molecule has 2 heterocycles. The molecule has 5 nitrogen and oxygen atoms in total. The van der Waals surface area contributed by atoms with Crippen LogP contribution in [-0.4, -0.2) is 20.0 Å². The number of benzene rings is 1. The first-order valence-corrected chi connectivity index (χ1v) is 7.31. The monoisotopic (exact) mass is 338 g/mol. The first-order chi connectivity index (χ1) is 11.0. The van der Waals surface area contributed by atoms with E-state index in [4.69, 9.17) is 16.0 Å². The topological polar surface area (TPSA) is 56.7 Å². The summed E-state index contributed by atoms with van der Waals surface area (Å²) >= 11 is 6.08. The van der Waals surface area contributed by atoms with E-state index >= 15 is 0 Å². The van der Waals surface area contributed by atoms with E-state index in [1.165, 1.54) is 6.07 Å². The van der Waals surface area contributed by atoms with Crippen molar-refractivity contribution in [1.29, 1.82) is 0 Å². The second-order valence-electron chi connectivity index (χ2n) is 5.06. The third kappa shape index (κ3) is 2.96. The third-order valence-electron chi connectivity index (χ3n) is 3.47. The lowest BCUT2D eigenvalue weighted by atomic mass is 10.2. The molecule has 0 N–H and O–H groups in total. The fraction of sp³-hybridized carbons (Fsp3) is 0.267. The molecular weight excluding hydrogens is 326 g/mol. The van der Waals surface area contributed by atoms with Crippen LogP contribution in [0.3, 0.4) is 0 Å². The first-order valence-electron chi connectivity index (χ1n) is 6.93. The van der Waals surface area contributed by atoms with Crippen molar-refractivity contribution >= 4 is 11.6 Å². The van der Waals surface area contributed by atoms with Crippen LogP contribution in [0.5, 0.6) is 0 Å². The van der Waals surface area contributed by atoms with Crippen LogP contribution in [0.1, 0.15) is 17.3 Å². The number of aromatic nitrogens is 4. The lowest BCUT2D eigenvalue weighted by Gasteiger charge is -2.01. The molecule has 1 aromatic carbocycles. The molecule has 120 valence electrons. The number of rotatable bonds is 4. The van der Waals surface area contributed by atoms with Crippen LogP contribution in [0.4, 0.5) is 8.78 Å². The van der Waals surface area contributed by atoms with Crippen molar-refractivity contribution in [2.24, 2.45) is 0 Å². The fourth-order valence-corrected chi connectivity index (χ4v) is 2.39. The van der Waals surface area contributed by atoms with Crippen LogP contribution in [0, 0.1) is 25.5 Å². The summed E-state index contributed by atoms with van der Waals surface area (Å²) in [6.45, 7) is 4.15. The maximum atomic E-state index is 13.7. The molecular formula is C15H13ClF2N4O. The Morgan fingerprint density at radius 2 is 1.87 bits per heavy atom. The quantitative estimate of drug-likeness (QED) is 0.727. The molecule has 3 rings (SSSR count). The van der Waals surface area contributed by atoms with Crippen molar-refractivity contribution in [2.45, 2.75) is 26.8 Å². The van der Waals surface area contributed by atoms with Gasteiger partial charge in [-0.15, -0.1) is 10.2 Å². The predicted octanol–water partition coefficient (Wildman–Crippen LogP) is 3.72. The van der Waals surface area contributed by atoms with E-state index in [0.717, 1.165) is 23.5 Å². The van der Waals surface area contributed by atoms with Crippen molar-refractivity contribution < 1.29 is 13.2 Å². The highest BCUT2D eigenvalue weighted by atomic mass is 35.5. The van der Waals surface area contributed by atoms with E-state index in [9.17, 15) is 8.78 Å². The van der Waals surface area contributed by atoms with Crippen molar-refractivity contribution in [2.75, 3.05) is 0 Å². The van der Waals surface area contributed by atoms with Crippen LogP contribution in [0.15, 0.2) is 22.6 Å². The van der Waals surface area contributed by atoms with Crippen LogP contribution in [0.25, 0.3) is 11.5 Å². The molecule has 0 unspecified atom stereocenters. The Morgan fingerprint density at radius 3 is 2.48 bits per heavy atom. The van der Waals surface area contributed by atoms with E-state index < -0.39 is 11.6 Å².